The van der Waals surface area contributed by atoms with E-state index in [9.17, 15) is 8.78 Å². The molecule has 1 aromatic heterocycles. The first kappa shape index (κ1) is 13.8. The van der Waals surface area contributed by atoms with Crippen LogP contribution in [0.3, 0.4) is 0 Å². The summed E-state index contributed by atoms with van der Waals surface area (Å²) < 4.78 is 24.9. The minimum Gasteiger partial charge on any atom is -0.384 e. The second-order valence-corrected chi connectivity index (χ2v) is 3.17. The highest BCUT2D eigenvalue weighted by Gasteiger charge is 2.16. The van der Waals surface area contributed by atoms with Gasteiger partial charge in [0, 0.05) is 5.56 Å². The number of halogens is 2. The van der Waals surface area contributed by atoms with Crippen molar-refractivity contribution < 1.29 is 8.78 Å². The maximum absolute atomic E-state index is 12.4. The van der Waals surface area contributed by atoms with Crippen LogP contribution in [-0.4, -0.2) is 4.98 Å². The van der Waals surface area contributed by atoms with Crippen LogP contribution in [0.15, 0.2) is 12.1 Å². The van der Waals surface area contributed by atoms with E-state index in [0.29, 0.717) is 5.69 Å². The van der Waals surface area contributed by atoms with Crippen LogP contribution in [0.1, 0.15) is 51.3 Å². The zero-order chi connectivity index (χ0) is 12.0. The summed E-state index contributed by atoms with van der Waals surface area (Å²) in [5.41, 5.74) is 5.77. The number of nitrogens with two attached hydrogens (primary N) is 1. The third kappa shape index (κ3) is 3.81. The molecule has 1 heterocycles. The molecule has 2 N–H and O–H groups in total. The Morgan fingerprint density at radius 2 is 1.73 bits per heavy atom. The van der Waals surface area contributed by atoms with Gasteiger partial charge in [0.05, 0.1) is 5.69 Å². The van der Waals surface area contributed by atoms with Gasteiger partial charge in [-0.15, -0.1) is 0 Å². The average Bonchev–Trinajstić information content (AvgIpc) is 2.20. The van der Waals surface area contributed by atoms with Crippen molar-refractivity contribution in [2.45, 2.75) is 40.0 Å². The minimum atomic E-state index is -2.48. The van der Waals surface area contributed by atoms with E-state index in [4.69, 9.17) is 5.73 Å². The molecule has 4 heteroatoms. The molecule has 0 aliphatic rings. The van der Waals surface area contributed by atoms with Crippen LogP contribution >= 0.6 is 0 Å². The summed E-state index contributed by atoms with van der Waals surface area (Å²) in [6, 6.07) is 2.73. The summed E-state index contributed by atoms with van der Waals surface area (Å²) in [6.45, 7) is 7.63. The van der Waals surface area contributed by atoms with Gasteiger partial charge in [0.2, 0.25) is 0 Å². The lowest BCUT2D eigenvalue weighted by Gasteiger charge is -2.11. The van der Waals surface area contributed by atoms with Gasteiger partial charge in [-0.25, -0.2) is 13.8 Å². The van der Waals surface area contributed by atoms with Gasteiger partial charge in [-0.2, -0.15) is 0 Å². The Kier molecular flexibility index (Phi) is 5.82. The van der Waals surface area contributed by atoms with Gasteiger partial charge in [-0.3, -0.25) is 0 Å². The molecule has 1 aromatic rings. The van der Waals surface area contributed by atoms with Crippen LogP contribution < -0.4 is 5.73 Å². The molecule has 0 spiro atoms. The number of hydrogen-bond acceptors (Lipinski definition) is 2. The zero-order valence-corrected chi connectivity index (χ0v) is 9.59. The normalized spacial score (nSPS) is 10.1. The van der Waals surface area contributed by atoms with E-state index in [-0.39, 0.29) is 17.3 Å². The molecule has 0 fully saturated rings. The quantitative estimate of drug-likeness (QED) is 0.817. The molecule has 0 aromatic carbocycles. The predicted octanol–water partition coefficient (Wildman–Crippen LogP) is 3.75. The molecule has 2 nitrogen and oxygen atoms in total. The van der Waals surface area contributed by atoms with Gasteiger partial charge in [-0.05, 0) is 18.1 Å². The molecule has 0 bridgehead atoms. The highest BCUT2D eigenvalue weighted by atomic mass is 19.3. The average molecular weight is 216 g/mol. The van der Waals surface area contributed by atoms with Crippen molar-refractivity contribution in [3.8, 4) is 0 Å². The van der Waals surface area contributed by atoms with E-state index < -0.39 is 6.43 Å². The van der Waals surface area contributed by atoms with Crippen molar-refractivity contribution in [2.75, 3.05) is 5.73 Å². The summed E-state index contributed by atoms with van der Waals surface area (Å²) in [7, 11) is 0. The van der Waals surface area contributed by atoms with Crippen molar-refractivity contribution in [3.05, 3.63) is 23.4 Å². The summed E-state index contributed by atoms with van der Waals surface area (Å²) in [5, 5.41) is 0. The van der Waals surface area contributed by atoms with Crippen LogP contribution in [0.25, 0.3) is 0 Å². The number of alkyl halides is 2. The van der Waals surface area contributed by atoms with Crippen molar-refractivity contribution in [1.82, 2.24) is 4.98 Å². The predicted molar refractivity (Wildman–Crippen MR) is 59.0 cm³/mol. The van der Waals surface area contributed by atoms with E-state index in [0.717, 1.165) is 0 Å². The Morgan fingerprint density at radius 3 is 2.13 bits per heavy atom. The highest BCUT2D eigenvalue weighted by Crippen LogP contribution is 2.27. The van der Waals surface area contributed by atoms with E-state index in [2.05, 4.69) is 4.98 Å². The molecule has 15 heavy (non-hydrogen) atoms. The van der Waals surface area contributed by atoms with Crippen LogP contribution in [-0.2, 0) is 0 Å². The van der Waals surface area contributed by atoms with Gasteiger partial charge in [0.25, 0.3) is 6.43 Å². The molecular formula is C11H18F2N2. The molecule has 0 amide bonds. The molecule has 0 saturated carbocycles. The number of hydrogen-bond donors (Lipinski definition) is 1. The molecule has 1 rings (SSSR count). The second kappa shape index (κ2) is 6.32. The Labute approximate surface area is 89.5 Å². The SMILES string of the molecule is CC.CC(C)c1nc(N)ccc1C(F)F. The number of rotatable bonds is 2. The van der Waals surface area contributed by atoms with Crippen molar-refractivity contribution >= 4 is 5.82 Å². The Bertz CT molecular complexity index is 299. The maximum atomic E-state index is 12.4. The molecule has 0 aliphatic heterocycles. The number of nitrogen functional groups attached to an aromatic ring is 1. The summed E-state index contributed by atoms with van der Waals surface area (Å²) in [6.07, 6.45) is -2.48. The first-order valence-electron chi connectivity index (χ1n) is 5.07. The number of anilines is 1. The molecule has 0 radical (unpaired) electrons. The lowest BCUT2D eigenvalue weighted by Crippen LogP contribution is -2.03. The van der Waals surface area contributed by atoms with Crippen molar-refractivity contribution in [2.24, 2.45) is 0 Å². The summed E-state index contributed by atoms with van der Waals surface area (Å²) in [5.74, 6) is 0.251. The fourth-order valence-corrected chi connectivity index (χ4v) is 1.15. The minimum absolute atomic E-state index is 0.0239. The smallest absolute Gasteiger partial charge is 0.265 e. The lowest BCUT2D eigenvalue weighted by atomic mass is 10.0. The third-order valence-electron chi connectivity index (χ3n) is 1.76. The van der Waals surface area contributed by atoms with Gasteiger partial charge in [-0.1, -0.05) is 27.7 Å². The maximum Gasteiger partial charge on any atom is 0.265 e. The van der Waals surface area contributed by atoms with Crippen LogP contribution in [0, 0.1) is 0 Å². The standard InChI is InChI=1S/C9H12F2N2.C2H6/c1-5(2)8-6(9(10)11)3-4-7(12)13-8;1-2/h3-5,9H,1-2H3,(H2,12,13);1-2H3. The van der Waals surface area contributed by atoms with Crippen molar-refractivity contribution in [1.29, 1.82) is 0 Å². The van der Waals surface area contributed by atoms with E-state index in [1.165, 1.54) is 12.1 Å². The number of pyridine rings is 1. The van der Waals surface area contributed by atoms with E-state index in [1.54, 1.807) is 0 Å². The van der Waals surface area contributed by atoms with Crippen LogP contribution in [0.5, 0.6) is 0 Å². The molecule has 86 valence electrons. The molecule has 0 saturated heterocycles. The Balaban J connectivity index is 0.000000921. The van der Waals surface area contributed by atoms with Gasteiger partial charge in [0.1, 0.15) is 5.82 Å². The molecule has 0 unspecified atom stereocenters. The zero-order valence-electron chi connectivity index (χ0n) is 9.59. The largest absolute Gasteiger partial charge is 0.384 e. The van der Waals surface area contributed by atoms with Crippen LogP contribution in [0.2, 0.25) is 0 Å². The molecule has 0 atom stereocenters. The van der Waals surface area contributed by atoms with Gasteiger partial charge >= 0.3 is 0 Å². The topological polar surface area (TPSA) is 38.9 Å². The lowest BCUT2D eigenvalue weighted by molar-refractivity contribution is 0.149. The first-order valence-corrected chi connectivity index (χ1v) is 5.07. The monoisotopic (exact) mass is 216 g/mol. The molecule has 0 aliphatic carbocycles. The second-order valence-electron chi connectivity index (χ2n) is 3.17. The van der Waals surface area contributed by atoms with Gasteiger partial charge in [0.15, 0.2) is 0 Å². The van der Waals surface area contributed by atoms with Crippen molar-refractivity contribution in [3.63, 3.8) is 0 Å². The summed E-state index contributed by atoms with van der Waals surface area (Å²) >= 11 is 0. The summed E-state index contributed by atoms with van der Waals surface area (Å²) in [4.78, 5) is 3.89. The fourth-order valence-electron chi connectivity index (χ4n) is 1.15. The highest BCUT2D eigenvalue weighted by molar-refractivity contribution is 5.36. The Morgan fingerprint density at radius 1 is 1.20 bits per heavy atom. The molecular weight excluding hydrogens is 198 g/mol. The first-order chi connectivity index (χ1) is 7.02. The van der Waals surface area contributed by atoms with Crippen LogP contribution in [0.4, 0.5) is 14.6 Å². The fraction of sp³-hybridized carbons (Fsp3) is 0.545. The number of nitrogens with zero attached hydrogens (tertiary/aromatic N) is 1. The third-order valence-corrected chi connectivity index (χ3v) is 1.76. The van der Waals surface area contributed by atoms with E-state index in [1.807, 2.05) is 27.7 Å². The van der Waals surface area contributed by atoms with E-state index >= 15 is 0 Å². The Hall–Kier alpha value is -1.19. The van der Waals surface area contributed by atoms with Gasteiger partial charge < -0.3 is 5.73 Å². The number of aromatic nitrogens is 1.